The summed E-state index contributed by atoms with van der Waals surface area (Å²) in [6, 6.07) is 8.51. The Kier molecular flexibility index (Phi) is 4.27. The maximum atomic E-state index is 12.4. The maximum absolute atomic E-state index is 12.4. The van der Waals surface area contributed by atoms with Crippen molar-refractivity contribution in [2.45, 2.75) is 30.6 Å². The predicted molar refractivity (Wildman–Crippen MR) is 111 cm³/mol. The number of H-pyrrole nitrogens is 1. The van der Waals surface area contributed by atoms with Crippen molar-refractivity contribution in [3.8, 4) is 16.9 Å². The highest BCUT2D eigenvalue weighted by molar-refractivity contribution is 7.99. The van der Waals surface area contributed by atoms with Crippen molar-refractivity contribution in [1.29, 1.82) is 0 Å². The largest absolute Gasteiger partial charge is 0.493 e. The van der Waals surface area contributed by atoms with Gasteiger partial charge in [0.25, 0.3) is 5.56 Å². The Morgan fingerprint density at radius 2 is 1.96 bits per heavy atom. The number of rotatable bonds is 7. The van der Waals surface area contributed by atoms with E-state index in [1.807, 2.05) is 37.3 Å². The molecule has 5 heteroatoms. The van der Waals surface area contributed by atoms with Crippen molar-refractivity contribution in [3.05, 3.63) is 47.0 Å². The van der Waals surface area contributed by atoms with Crippen molar-refractivity contribution in [3.63, 3.8) is 0 Å². The second-order valence-electron chi connectivity index (χ2n) is 7.89. The molecule has 3 aromatic rings. The summed E-state index contributed by atoms with van der Waals surface area (Å²) >= 11 is 1.93. The molecule has 2 fully saturated rings. The average Bonchev–Trinajstić information content (AvgIpc) is 3.61. The molecular formula is C22H24N2O2S. The van der Waals surface area contributed by atoms with Crippen LogP contribution in [0.15, 0.2) is 46.3 Å². The Hall–Kier alpha value is -2.14. The zero-order valence-electron chi connectivity index (χ0n) is 15.5. The number of pyridine rings is 1. The summed E-state index contributed by atoms with van der Waals surface area (Å²) in [5, 5.41) is 0.957. The molecule has 1 aromatic carbocycles. The normalized spacial score (nSPS) is 16.8. The summed E-state index contributed by atoms with van der Waals surface area (Å²) in [5.74, 6) is 3.69. The van der Waals surface area contributed by atoms with E-state index in [0.717, 1.165) is 34.8 Å². The molecule has 2 saturated carbocycles. The summed E-state index contributed by atoms with van der Waals surface area (Å²) in [4.78, 5) is 16.8. The van der Waals surface area contributed by atoms with Crippen LogP contribution in [0.2, 0.25) is 0 Å². The summed E-state index contributed by atoms with van der Waals surface area (Å²) in [7, 11) is 1.81. The van der Waals surface area contributed by atoms with Crippen LogP contribution in [0.25, 0.3) is 22.0 Å². The fourth-order valence-electron chi connectivity index (χ4n) is 3.41. The molecule has 0 unspecified atom stereocenters. The van der Waals surface area contributed by atoms with E-state index in [2.05, 4.69) is 23.2 Å². The smallest absolute Gasteiger partial charge is 0.274 e. The Balaban J connectivity index is 1.58. The lowest BCUT2D eigenvalue weighted by atomic mass is 10.0. The van der Waals surface area contributed by atoms with Crippen molar-refractivity contribution in [2.24, 2.45) is 18.9 Å². The van der Waals surface area contributed by atoms with Gasteiger partial charge in [0.15, 0.2) is 0 Å². The second kappa shape index (κ2) is 6.79. The van der Waals surface area contributed by atoms with Crippen LogP contribution in [0.4, 0.5) is 0 Å². The first-order valence-electron chi connectivity index (χ1n) is 9.76. The quantitative estimate of drug-likeness (QED) is 0.598. The molecule has 0 saturated heterocycles. The van der Waals surface area contributed by atoms with E-state index in [-0.39, 0.29) is 5.56 Å². The lowest BCUT2D eigenvalue weighted by Gasteiger charge is -2.15. The van der Waals surface area contributed by atoms with Crippen molar-refractivity contribution in [2.75, 3.05) is 12.4 Å². The second-order valence-corrected chi connectivity index (χ2v) is 8.99. The molecule has 0 atom stereocenters. The molecule has 27 heavy (non-hydrogen) atoms. The molecule has 4 nitrogen and oxygen atoms in total. The third-order valence-electron chi connectivity index (χ3n) is 5.49. The van der Waals surface area contributed by atoms with E-state index in [0.29, 0.717) is 11.4 Å². The Bertz CT molecular complexity index is 1040. The number of fused-ring (bicyclic) bond motifs is 1. The first-order chi connectivity index (χ1) is 13.2. The van der Waals surface area contributed by atoms with E-state index in [1.165, 1.54) is 36.3 Å². The van der Waals surface area contributed by atoms with E-state index in [1.54, 1.807) is 4.57 Å². The van der Waals surface area contributed by atoms with Gasteiger partial charge < -0.3 is 14.3 Å². The molecule has 0 amide bonds. The summed E-state index contributed by atoms with van der Waals surface area (Å²) in [6.07, 6.45) is 9.05. The number of nitrogens with one attached hydrogen (secondary N) is 1. The van der Waals surface area contributed by atoms with Crippen molar-refractivity contribution >= 4 is 22.7 Å². The molecule has 2 aliphatic carbocycles. The number of nitrogens with zero attached hydrogens (tertiary/aromatic N) is 1. The van der Waals surface area contributed by atoms with E-state index in [9.17, 15) is 4.79 Å². The molecule has 0 bridgehead atoms. The minimum absolute atomic E-state index is 0.00142. The molecule has 2 heterocycles. The third-order valence-corrected chi connectivity index (χ3v) is 6.71. The van der Waals surface area contributed by atoms with Gasteiger partial charge in [-0.2, -0.15) is 0 Å². The van der Waals surface area contributed by atoms with Gasteiger partial charge in [0, 0.05) is 46.6 Å². The summed E-state index contributed by atoms with van der Waals surface area (Å²) < 4.78 is 7.85. The number of aryl methyl sites for hydroxylation is 1. The number of hydrogen-bond acceptors (Lipinski definition) is 3. The van der Waals surface area contributed by atoms with E-state index >= 15 is 0 Å². The molecule has 1 N–H and O–H groups in total. The molecule has 140 valence electrons. The maximum Gasteiger partial charge on any atom is 0.274 e. The number of hydrogen-bond donors (Lipinski definition) is 1. The van der Waals surface area contributed by atoms with E-state index in [4.69, 9.17) is 4.74 Å². The van der Waals surface area contributed by atoms with Gasteiger partial charge in [-0.1, -0.05) is 0 Å². The number of benzene rings is 1. The summed E-state index contributed by atoms with van der Waals surface area (Å²) in [6.45, 7) is 0.781. The van der Waals surface area contributed by atoms with Crippen LogP contribution in [-0.4, -0.2) is 21.9 Å². The molecular weight excluding hydrogens is 356 g/mol. The fraction of sp³-hybridized carbons (Fsp3) is 0.409. The highest BCUT2D eigenvalue weighted by Gasteiger charge is 2.24. The SMILES string of the molecule is Cn1cc(-c2cc(SCC3CC3)ccc2OCC2CC2)c2cc[nH]c2c1=O. The monoisotopic (exact) mass is 380 g/mol. The Morgan fingerprint density at radius 3 is 2.74 bits per heavy atom. The zero-order chi connectivity index (χ0) is 18.4. The van der Waals surface area contributed by atoms with Crippen LogP contribution >= 0.6 is 11.8 Å². The van der Waals surface area contributed by atoms with Crippen LogP contribution in [0.5, 0.6) is 5.75 Å². The van der Waals surface area contributed by atoms with E-state index < -0.39 is 0 Å². The van der Waals surface area contributed by atoms with Gasteiger partial charge in [-0.15, -0.1) is 11.8 Å². The molecule has 0 aliphatic heterocycles. The number of ether oxygens (including phenoxy) is 1. The van der Waals surface area contributed by atoms with Crippen molar-refractivity contribution in [1.82, 2.24) is 9.55 Å². The molecule has 2 aliphatic rings. The van der Waals surface area contributed by atoms with Gasteiger partial charge in [0.2, 0.25) is 0 Å². The van der Waals surface area contributed by atoms with Gasteiger partial charge in [0.05, 0.1) is 6.61 Å². The minimum atomic E-state index is -0.00142. The molecule has 0 spiro atoms. The molecule has 5 rings (SSSR count). The number of thioether (sulfide) groups is 1. The number of aromatic amines is 1. The highest BCUT2D eigenvalue weighted by Crippen LogP contribution is 2.40. The Labute approximate surface area is 162 Å². The summed E-state index contributed by atoms with van der Waals surface area (Å²) in [5.41, 5.74) is 2.78. The van der Waals surface area contributed by atoms with Gasteiger partial charge in [-0.3, -0.25) is 4.79 Å². The highest BCUT2D eigenvalue weighted by atomic mass is 32.2. The van der Waals surface area contributed by atoms with Gasteiger partial charge in [-0.25, -0.2) is 0 Å². The van der Waals surface area contributed by atoms with Gasteiger partial charge in [-0.05, 0) is 61.8 Å². The first kappa shape index (κ1) is 17.0. The van der Waals surface area contributed by atoms with Crippen LogP contribution in [0.3, 0.4) is 0 Å². The lowest BCUT2D eigenvalue weighted by molar-refractivity contribution is 0.301. The van der Waals surface area contributed by atoms with Gasteiger partial charge >= 0.3 is 0 Å². The number of aromatic nitrogens is 2. The topological polar surface area (TPSA) is 47.0 Å². The fourth-order valence-corrected chi connectivity index (χ4v) is 4.54. The Morgan fingerprint density at radius 1 is 1.15 bits per heavy atom. The molecule has 2 aromatic heterocycles. The average molecular weight is 381 g/mol. The minimum Gasteiger partial charge on any atom is -0.493 e. The standard InChI is InChI=1S/C22H24N2O2S/c1-24-11-19(17-8-9-23-21(17)22(24)25)18-10-16(27-13-15-4-5-15)6-7-20(18)26-12-14-2-3-14/h6-11,14-15,23H,2-5,12-13H2,1H3. The van der Waals surface area contributed by atoms with Gasteiger partial charge in [0.1, 0.15) is 11.3 Å². The van der Waals surface area contributed by atoms with Crippen LogP contribution in [0, 0.1) is 11.8 Å². The van der Waals surface area contributed by atoms with Crippen molar-refractivity contribution < 1.29 is 4.74 Å². The zero-order valence-corrected chi connectivity index (χ0v) is 16.3. The lowest BCUT2D eigenvalue weighted by Crippen LogP contribution is -2.16. The van der Waals surface area contributed by atoms with Crippen LogP contribution in [-0.2, 0) is 7.05 Å². The molecule has 0 radical (unpaired) electrons. The van der Waals surface area contributed by atoms with Crippen LogP contribution in [0.1, 0.15) is 25.7 Å². The van der Waals surface area contributed by atoms with Crippen LogP contribution < -0.4 is 10.3 Å². The predicted octanol–water partition coefficient (Wildman–Crippen LogP) is 4.82. The third kappa shape index (κ3) is 3.53. The first-order valence-corrected chi connectivity index (χ1v) is 10.7.